The average molecular weight is 312 g/mol. The molecule has 0 aromatic heterocycles. The van der Waals surface area contributed by atoms with Gasteiger partial charge in [-0.05, 0) is 30.9 Å². The number of rotatable bonds is 7. The Balaban J connectivity index is 2.65. The number of methoxy groups -OCH3 is 1. The summed E-state index contributed by atoms with van der Waals surface area (Å²) >= 11 is 0. The Morgan fingerprint density at radius 2 is 2.14 bits per heavy atom. The van der Waals surface area contributed by atoms with E-state index < -0.39 is 11.9 Å². The van der Waals surface area contributed by atoms with Crippen molar-refractivity contribution in [2.75, 3.05) is 20.3 Å². The Bertz CT molecular complexity index is 506. The lowest BCUT2D eigenvalue weighted by Crippen LogP contribution is -2.42. The molecule has 0 aliphatic heterocycles. The summed E-state index contributed by atoms with van der Waals surface area (Å²) in [7, 11) is 1.46. The van der Waals surface area contributed by atoms with E-state index in [0.29, 0.717) is 24.3 Å². The summed E-state index contributed by atoms with van der Waals surface area (Å²) in [5, 5.41) is 14.4. The Kier molecular flexibility index (Phi) is 6.61. The normalized spacial score (nSPS) is 12.6. The van der Waals surface area contributed by atoms with E-state index in [0.717, 1.165) is 0 Å². The van der Waals surface area contributed by atoms with Crippen molar-refractivity contribution in [3.8, 4) is 5.75 Å². The second-order valence-corrected chi connectivity index (χ2v) is 6.04. The molecule has 1 unspecified atom stereocenters. The van der Waals surface area contributed by atoms with Crippen LogP contribution >= 0.6 is 0 Å². The summed E-state index contributed by atoms with van der Waals surface area (Å²) in [6, 6.07) is 3.62. The van der Waals surface area contributed by atoms with Crippen molar-refractivity contribution >= 4 is 6.03 Å². The highest BCUT2D eigenvalue weighted by Gasteiger charge is 2.21. The number of aliphatic hydroxyl groups is 1. The molecule has 1 rings (SSSR count). The number of aliphatic hydroxyl groups excluding tert-OH is 1. The first-order valence-corrected chi connectivity index (χ1v) is 7.28. The SMILES string of the molecule is COc1cccc(F)c1C(C)NC(=O)NCC(C)(C)CCO. The predicted molar refractivity (Wildman–Crippen MR) is 83.4 cm³/mol. The highest BCUT2D eigenvalue weighted by Crippen LogP contribution is 2.27. The van der Waals surface area contributed by atoms with Crippen molar-refractivity contribution in [1.29, 1.82) is 0 Å². The van der Waals surface area contributed by atoms with E-state index in [2.05, 4.69) is 10.6 Å². The van der Waals surface area contributed by atoms with Crippen molar-refractivity contribution < 1.29 is 19.0 Å². The first-order valence-electron chi connectivity index (χ1n) is 7.28. The van der Waals surface area contributed by atoms with Gasteiger partial charge < -0.3 is 20.5 Å². The van der Waals surface area contributed by atoms with E-state index >= 15 is 0 Å². The largest absolute Gasteiger partial charge is 0.496 e. The topological polar surface area (TPSA) is 70.6 Å². The van der Waals surface area contributed by atoms with Crippen LogP contribution in [0.1, 0.15) is 38.8 Å². The molecule has 3 N–H and O–H groups in total. The third kappa shape index (κ3) is 5.18. The molecule has 0 aliphatic carbocycles. The number of ether oxygens (including phenoxy) is 1. The third-order valence-corrected chi connectivity index (χ3v) is 3.53. The van der Waals surface area contributed by atoms with Crippen LogP contribution < -0.4 is 15.4 Å². The Labute approximate surface area is 130 Å². The van der Waals surface area contributed by atoms with E-state index in [-0.39, 0.29) is 18.1 Å². The molecule has 0 spiro atoms. The number of hydrogen-bond donors (Lipinski definition) is 3. The minimum Gasteiger partial charge on any atom is -0.496 e. The van der Waals surface area contributed by atoms with Gasteiger partial charge in [0.2, 0.25) is 0 Å². The monoisotopic (exact) mass is 312 g/mol. The van der Waals surface area contributed by atoms with Gasteiger partial charge in [-0.1, -0.05) is 19.9 Å². The molecular weight excluding hydrogens is 287 g/mol. The van der Waals surface area contributed by atoms with Crippen LogP contribution in [0, 0.1) is 11.2 Å². The quantitative estimate of drug-likeness (QED) is 0.725. The molecule has 0 bridgehead atoms. The van der Waals surface area contributed by atoms with Crippen LogP contribution in [-0.4, -0.2) is 31.4 Å². The zero-order valence-corrected chi connectivity index (χ0v) is 13.6. The molecule has 124 valence electrons. The fraction of sp³-hybridized carbons (Fsp3) is 0.562. The van der Waals surface area contributed by atoms with Gasteiger partial charge in [-0.15, -0.1) is 0 Å². The Morgan fingerprint density at radius 3 is 2.73 bits per heavy atom. The van der Waals surface area contributed by atoms with Crippen LogP contribution in [0.3, 0.4) is 0 Å². The predicted octanol–water partition coefficient (Wildman–Crippen LogP) is 2.60. The number of halogens is 1. The van der Waals surface area contributed by atoms with Crippen molar-refractivity contribution in [2.24, 2.45) is 5.41 Å². The van der Waals surface area contributed by atoms with Gasteiger partial charge in [0.25, 0.3) is 0 Å². The first-order chi connectivity index (χ1) is 10.3. The van der Waals surface area contributed by atoms with Crippen molar-refractivity contribution in [3.05, 3.63) is 29.6 Å². The van der Waals surface area contributed by atoms with Crippen LogP contribution in [0.2, 0.25) is 0 Å². The van der Waals surface area contributed by atoms with Gasteiger partial charge in [0, 0.05) is 13.2 Å². The van der Waals surface area contributed by atoms with Gasteiger partial charge >= 0.3 is 6.03 Å². The maximum atomic E-state index is 13.9. The molecule has 1 aromatic rings. The van der Waals surface area contributed by atoms with Gasteiger partial charge in [0.1, 0.15) is 11.6 Å². The number of nitrogens with one attached hydrogen (secondary N) is 2. The smallest absolute Gasteiger partial charge is 0.315 e. The molecule has 0 radical (unpaired) electrons. The average Bonchev–Trinajstić information content (AvgIpc) is 2.44. The van der Waals surface area contributed by atoms with Gasteiger partial charge in [-0.2, -0.15) is 0 Å². The van der Waals surface area contributed by atoms with Crippen LogP contribution in [0.4, 0.5) is 9.18 Å². The molecule has 0 heterocycles. The number of urea groups is 1. The number of amides is 2. The van der Waals surface area contributed by atoms with Gasteiger partial charge in [-0.3, -0.25) is 0 Å². The lowest BCUT2D eigenvalue weighted by Gasteiger charge is -2.25. The van der Waals surface area contributed by atoms with Crippen LogP contribution in [0.25, 0.3) is 0 Å². The van der Waals surface area contributed by atoms with Gasteiger partial charge in [0.15, 0.2) is 0 Å². The molecule has 22 heavy (non-hydrogen) atoms. The zero-order chi connectivity index (χ0) is 16.8. The number of carbonyl (C=O) groups excluding carboxylic acids is 1. The molecule has 1 atom stereocenters. The standard InChI is InChI=1S/C16H25FN2O3/c1-11(14-12(17)6-5-7-13(14)22-4)19-15(21)18-10-16(2,3)8-9-20/h5-7,11,20H,8-10H2,1-4H3,(H2,18,19,21). The maximum absolute atomic E-state index is 13.9. The summed E-state index contributed by atoms with van der Waals surface area (Å²) in [6.45, 7) is 6.08. The molecule has 0 saturated carbocycles. The number of carbonyl (C=O) groups is 1. The summed E-state index contributed by atoms with van der Waals surface area (Å²) < 4.78 is 19.1. The zero-order valence-electron chi connectivity index (χ0n) is 13.6. The molecule has 2 amide bonds. The fourth-order valence-corrected chi connectivity index (χ4v) is 2.15. The van der Waals surface area contributed by atoms with E-state index in [1.54, 1.807) is 19.1 Å². The molecule has 0 aliphatic rings. The molecule has 0 saturated heterocycles. The van der Waals surface area contributed by atoms with E-state index in [4.69, 9.17) is 9.84 Å². The Morgan fingerprint density at radius 1 is 1.45 bits per heavy atom. The van der Waals surface area contributed by atoms with Gasteiger partial charge in [0.05, 0.1) is 18.7 Å². The Hall–Kier alpha value is -1.82. The molecule has 6 heteroatoms. The molecule has 0 fully saturated rings. The second kappa shape index (κ2) is 7.98. The summed E-state index contributed by atoms with van der Waals surface area (Å²) in [6.07, 6.45) is 0.587. The maximum Gasteiger partial charge on any atom is 0.315 e. The second-order valence-electron chi connectivity index (χ2n) is 6.04. The van der Waals surface area contributed by atoms with Crippen LogP contribution in [0.15, 0.2) is 18.2 Å². The van der Waals surface area contributed by atoms with E-state index in [1.807, 2.05) is 13.8 Å². The minimum absolute atomic E-state index is 0.0686. The van der Waals surface area contributed by atoms with Crippen molar-refractivity contribution in [1.82, 2.24) is 10.6 Å². The van der Waals surface area contributed by atoms with Crippen LogP contribution in [0.5, 0.6) is 5.75 Å². The lowest BCUT2D eigenvalue weighted by atomic mass is 9.90. The number of benzene rings is 1. The highest BCUT2D eigenvalue weighted by atomic mass is 19.1. The molecule has 1 aromatic carbocycles. The molecular formula is C16H25FN2O3. The lowest BCUT2D eigenvalue weighted by molar-refractivity contribution is 0.200. The van der Waals surface area contributed by atoms with Crippen molar-refractivity contribution in [2.45, 2.75) is 33.2 Å². The first kappa shape index (κ1) is 18.2. The minimum atomic E-state index is -0.530. The highest BCUT2D eigenvalue weighted by molar-refractivity contribution is 5.74. The molecule has 5 nitrogen and oxygen atoms in total. The number of hydrogen-bond acceptors (Lipinski definition) is 3. The summed E-state index contributed by atoms with van der Waals surface area (Å²) in [5.74, 6) is -0.0267. The fourth-order valence-electron chi connectivity index (χ4n) is 2.15. The third-order valence-electron chi connectivity index (χ3n) is 3.53. The van der Waals surface area contributed by atoms with Crippen LogP contribution in [-0.2, 0) is 0 Å². The van der Waals surface area contributed by atoms with Crippen molar-refractivity contribution in [3.63, 3.8) is 0 Å². The van der Waals surface area contributed by atoms with Gasteiger partial charge in [-0.25, -0.2) is 9.18 Å². The van der Waals surface area contributed by atoms with E-state index in [9.17, 15) is 9.18 Å². The summed E-state index contributed by atoms with van der Waals surface area (Å²) in [5.41, 5.74) is 0.111. The summed E-state index contributed by atoms with van der Waals surface area (Å²) in [4.78, 5) is 11.9. The van der Waals surface area contributed by atoms with E-state index in [1.165, 1.54) is 13.2 Å².